The second-order valence-electron chi connectivity index (χ2n) is 8.24. The molecule has 0 spiro atoms. The first-order valence-electron chi connectivity index (χ1n) is 10.2. The summed E-state index contributed by atoms with van der Waals surface area (Å²) in [4.78, 5) is 6.86. The van der Waals surface area contributed by atoms with Crippen molar-refractivity contribution in [3.63, 3.8) is 0 Å². The van der Waals surface area contributed by atoms with Crippen LogP contribution in [0.2, 0.25) is 0 Å². The van der Waals surface area contributed by atoms with Gasteiger partial charge in [-0.1, -0.05) is 6.07 Å². The van der Waals surface area contributed by atoms with Crippen LogP contribution in [0.1, 0.15) is 13.8 Å². The Morgan fingerprint density at radius 2 is 1.81 bits per heavy atom. The zero-order chi connectivity index (χ0) is 21.0. The predicted molar refractivity (Wildman–Crippen MR) is 125 cm³/mol. The van der Waals surface area contributed by atoms with Gasteiger partial charge in [0.15, 0.2) is 5.82 Å². The van der Waals surface area contributed by atoms with Crippen molar-refractivity contribution in [3.8, 4) is 17.1 Å². The summed E-state index contributed by atoms with van der Waals surface area (Å²) < 4.78 is 16.8. The van der Waals surface area contributed by atoms with Gasteiger partial charge in [-0.15, -0.1) is 12.4 Å². The molecule has 2 aromatic carbocycles. The zero-order valence-corrected chi connectivity index (χ0v) is 18.4. The number of aromatic hydroxyl groups is 1. The number of aryl methyl sites for hydroxylation is 1. The van der Waals surface area contributed by atoms with Gasteiger partial charge in [0.25, 0.3) is 0 Å². The predicted octanol–water partition coefficient (Wildman–Crippen LogP) is 4.24. The molecule has 4 aromatic rings. The summed E-state index contributed by atoms with van der Waals surface area (Å²) in [6, 6.07) is 13.2. The van der Waals surface area contributed by atoms with E-state index in [1.54, 1.807) is 22.9 Å². The van der Waals surface area contributed by atoms with Crippen LogP contribution in [-0.2, 0) is 7.05 Å². The molecular formula is C23H25ClFN5O. The molecule has 3 heterocycles. The Balaban J connectivity index is 0.00000231. The summed E-state index contributed by atoms with van der Waals surface area (Å²) in [5.41, 5.74) is 3.35. The Labute approximate surface area is 186 Å². The number of hydrogen-bond acceptors (Lipinski definition) is 5. The summed E-state index contributed by atoms with van der Waals surface area (Å²) in [6.07, 6.45) is 0. The lowest BCUT2D eigenvalue weighted by Crippen LogP contribution is -2.54. The average Bonchev–Trinajstić information content (AvgIpc) is 3.01. The standard InChI is InChI=1S/C23H24FN5O.ClH/c1-13-11-29(12-14(2)25-13)16-8-15-4-7-20(26-22(15)19(24)9-16)23-18-6-5-17(30)10-21(18)27-28(23)3;/h4-10,13-14,25,30H,11-12H2,1-3H3;1H/t13-,14+;. The van der Waals surface area contributed by atoms with E-state index in [4.69, 9.17) is 0 Å². The maximum atomic E-state index is 15.1. The molecule has 1 saturated heterocycles. The number of anilines is 1. The molecule has 2 aromatic heterocycles. The Kier molecular flexibility index (Phi) is 5.49. The fourth-order valence-electron chi connectivity index (χ4n) is 4.52. The van der Waals surface area contributed by atoms with Crippen molar-refractivity contribution in [2.24, 2.45) is 7.05 Å². The summed E-state index contributed by atoms with van der Waals surface area (Å²) in [5.74, 6) is -0.166. The number of nitrogens with zero attached hydrogens (tertiary/aromatic N) is 4. The van der Waals surface area contributed by atoms with Gasteiger partial charge < -0.3 is 15.3 Å². The molecule has 2 atom stereocenters. The number of halogens is 2. The highest BCUT2D eigenvalue weighted by atomic mass is 35.5. The topological polar surface area (TPSA) is 66.2 Å². The minimum Gasteiger partial charge on any atom is -0.508 e. The van der Waals surface area contributed by atoms with Gasteiger partial charge in [0, 0.05) is 54.7 Å². The normalized spacial score (nSPS) is 19.0. The quantitative estimate of drug-likeness (QED) is 0.487. The third kappa shape index (κ3) is 3.79. The monoisotopic (exact) mass is 441 g/mol. The number of benzene rings is 2. The molecule has 8 heteroatoms. The molecule has 0 radical (unpaired) electrons. The second-order valence-corrected chi connectivity index (χ2v) is 8.24. The number of hydrogen-bond donors (Lipinski definition) is 2. The maximum Gasteiger partial charge on any atom is 0.151 e. The van der Waals surface area contributed by atoms with E-state index in [-0.39, 0.29) is 24.0 Å². The molecule has 0 amide bonds. The van der Waals surface area contributed by atoms with Crippen LogP contribution in [0.15, 0.2) is 42.5 Å². The molecular weight excluding hydrogens is 417 g/mol. The molecule has 31 heavy (non-hydrogen) atoms. The van der Waals surface area contributed by atoms with E-state index in [9.17, 15) is 5.11 Å². The minimum atomic E-state index is -0.327. The highest BCUT2D eigenvalue weighted by molar-refractivity contribution is 5.95. The fourth-order valence-corrected chi connectivity index (χ4v) is 4.52. The van der Waals surface area contributed by atoms with E-state index in [1.807, 2.05) is 31.3 Å². The van der Waals surface area contributed by atoms with Gasteiger partial charge >= 0.3 is 0 Å². The minimum absolute atomic E-state index is 0. The molecule has 5 rings (SSSR count). The van der Waals surface area contributed by atoms with Crippen LogP contribution in [0, 0.1) is 5.82 Å². The molecule has 6 nitrogen and oxygen atoms in total. The van der Waals surface area contributed by atoms with Crippen LogP contribution in [0.5, 0.6) is 5.75 Å². The van der Waals surface area contributed by atoms with Crippen molar-refractivity contribution in [2.45, 2.75) is 25.9 Å². The van der Waals surface area contributed by atoms with Gasteiger partial charge in [-0.3, -0.25) is 4.68 Å². The summed E-state index contributed by atoms with van der Waals surface area (Å²) >= 11 is 0. The van der Waals surface area contributed by atoms with Crippen molar-refractivity contribution in [1.82, 2.24) is 20.1 Å². The smallest absolute Gasteiger partial charge is 0.151 e. The highest BCUT2D eigenvalue weighted by Crippen LogP contribution is 2.32. The van der Waals surface area contributed by atoms with Crippen molar-refractivity contribution in [2.75, 3.05) is 18.0 Å². The van der Waals surface area contributed by atoms with Crippen molar-refractivity contribution < 1.29 is 9.50 Å². The molecule has 0 aliphatic carbocycles. The number of rotatable bonds is 2. The zero-order valence-electron chi connectivity index (χ0n) is 17.6. The van der Waals surface area contributed by atoms with E-state index >= 15 is 4.39 Å². The Hall–Kier alpha value is -2.90. The highest BCUT2D eigenvalue weighted by Gasteiger charge is 2.22. The van der Waals surface area contributed by atoms with Crippen LogP contribution in [0.3, 0.4) is 0 Å². The molecule has 1 fully saturated rings. The van der Waals surface area contributed by atoms with Gasteiger partial charge in [-0.25, -0.2) is 9.37 Å². The van der Waals surface area contributed by atoms with Crippen molar-refractivity contribution in [3.05, 3.63) is 48.3 Å². The van der Waals surface area contributed by atoms with Crippen LogP contribution in [0.25, 0.3) is 33.2 Å². The van der Waals surface area contributed by atoms with E-state index in [0.717, 1.165) is 35.2 Å². The first kappa shape index (κ1) is 21.3. The molecule has 1 aliphatic heterocycles. The van der Waals surface area contributed by atoms with E-state index < -0.39 is 0 Å². The Morgan fingerprint density at radius 3 is 2.55 bits per heavy atom. The third-order valence-electron chi connectivity index (χ3n) is 5.71. The molecule has 2 N–H and O–H groups in total. The number of piperazine rings is 1. The van der Waals surface area contributed by atoms with Crippen LogP contribution >= 0.6 is 12.4 Å². The second kappa shape index (κ2) is 7.98. The van der Waals surface area contributed by atoms with Gasteiger partial charge in [0.1, 0.15) is 11.3 Å². The van der Waals surface area contributed by atoms with Crippen molar-refractivity contribution >= 4 is 39.9 Å². The lowest BCUT2D eigenvalue weighted by Gasteiger charge is -2.37. The van der Waals surface area contributed by atoms with E-state index in [1.165, 1.54) is 0 Å². The average molecular weight is 442 g/mol. The lowest BCUT2D eigenvalue weighted by molar-refractivity contribution is 0.407. The van der Waals surface area contributed by atoms with Crippen molar-refractivity contribution in [1.29, 1.82) is 0 Å². The lowest BCUT2D eigenvalue weighted by atomic mass is 10.1. The van der Waals surface area contributed by atoms with Gasteiger partial charge in [0.2, 0.25) is 0 Å². The van der Waals surface area contributed by atoms with Crippen LogP contribution < -0.4 is 10.2 Å². The molecule has 0 saturated carbocycles. The van der Waals surface area contributed by atoms with Gasteiger partial charge in [-0.2, -0.15) is 5.10 Å². The largest absolute Gasteiger partial charge is 0.508 e. The van der Waals surface area contributed by atoms with E-state index in [2.05, 4.69) is 34.1 Å². The number of phenolic OH excluding ortho intramolecular Hbond substituents is 1. The summed E-state index contributed by atoms with van der Waals surface area (Å²) in [7, 11) is 1.82. The summed E-state index contributed by atoms with van der Waals surface area (Å²) in [6.45, 7) is 5.97. The molecule has 0 unspecified atom stereocenters. The van der Waals surface area contributed by atoms with E-state index in [0.29, 0.717) is 28.8 Å². The third-order valence-corrected chi connectivity index (χ3v) is 5.71. The number of nitrogens with one attached hydrogen (secondary N) is 1. The Morgan fingerprint density at radius 1 is 1.06 bits per heavy atom. The molecule has 0 bridgehead atoms. The number of pyridine rings is 1. The first-order chi connectivity index (χ1) is 14.4. The summed E-state index contributed by atoms with van der Waals surface area (Å²) in [5, 5.41) is 19.3. The Bertz CT molecular complexity index is 1260. The first-order valence-corrected chi connectivity index (χ1v) is 10.2. The van der Waals surface area contributed by atoms with Crippen LogP contribution in [0.4, 0.5) is 10.1 Å². The maximum absolute atomic E-state index is 15.1. The number of fused-ring (bicyclic) bond motifs is 2. The number of phenols is 1. The SMILES string of the molecule is C[C@@H]1CN(c2cc(F)c3nc(-c4c5ccc(O)cc5nn4C)ccc3c2)C[C@H](C)N1.Cl. The van der Waals surface area contributed by atoms with Crippen LogP contribution in [-0.4, -0.2) is 45.0 Å². The van der Waals surface area contributed by atoms with Gasteiger partial charge in [0.05, 0.1) is 16.9 Å². The number of aromatic nitrogens is 3. The van der Waals surface area contributed by atoms with Gasteiger partial charge in [-0.05, 0) is 44.2 Å². The molecule has 162 valence electrons. The molecule has 1 aliphatic rings. The fraction of sp³-hybridized carbons (Fsp3) is 0.304.